The Balaban J connectivity index is 2.43. The van der Waals surface area contributed by atoms with Gasteiger partial charge in [0.1, 0.15) is 0 Å². The molecule has 1 aromatic heterocycles. The van der Waals surface area contributed by atoms with Crippen molar-refractivity contribution in [2.24, 2.45) is 12.8 Å². The largest absolute Gasteiger partial charge is 0.481 e. The first-order valence-corrected chi connectivity index (χ1v) is 4.03. The highest BCUT2D eigenvalue weighted by Gasteiger charge is 2.43. The molecule has 0 atom stereocenters. The maximum atomic E-state index is 6.02. The number of aryl methyl sites for hydroxylation is 1. The summed E-state index contributed by atoms with van der Waals surface area (Å²) in [4.78, 5) is 0. The summed E-state index contributed by atoms with van der Waals surface area (Å²) in [5.74, 6) is 0.787. The summed E-state index contributed by atoms with van der Waals surface area (Å²) in [5.41, 5.74) is 6.91. The molecule has 1 aliphatic carbocycles. The molecule has 0 saturated heterocycles. The monoisotopic (exact) mass is 167 g/mol. The van der Waals surface area contributed by atoms with Crippen LogP contribution in [0, 0.1) is 0 Å². The summed E-state index contributed by atoms with van der Waals surface area (Å²) < 4.78 is 6.91. The van der Waals surface area contributed by atoms with Gasteiger partial charge in [-0.1, -0.05) is 0 Å². The van der Waals surface area contributed by atoms with Gasteiger partial charge in [0, 0.05) is 12.6 Å². The van der Waals surface area contributed by atoms with Crippen molar-refractivity contribution >= 4 is 0 Å². The maximum absolute atomic E-state index is 6.02. The summed E-state index contributed by atoms with van der Waals surface area (Å²) in [6, 6.07) is 0. The molecule has 2 rings (SSSR count). The standard InChI is InChI=1S/C8H13N3O/c1-11-7(12-2)6(5-10-11)8(9)3-4-8/h5H,3-4,9H2,1-2H3. The van der Waals surface area contributed by atoms with Crippen LogP contribution >= 0.6 is 0 Å². The average Bonchev–Trinajstić information content (AvgIpc) is 2.65. The minimum absolute atomic E-state index is 0.153. The first kappa shape index (κ1) is 7.61. The minimum atomic E-state index is -0.153. The third kappa shape index (κ3) is 0.914. The molecule has 0 unspecified atom stereocenters. The van der Waals surface area contributed by atoms with Crippen LogP contribution in [-0.4, -0.2) is 16.9 Å². The zero-order valence-electron chi connectivity index (χ0n) is 7.37. The highest BCUT2D eigenvalue weighted by molar-refractivity contribution is 5.36. The van der Waals surface area contributed by atoms with Gasteiger partial charge in [0.2, 0.25) is 5.88 Å². The summed E-state index contributed by atoms with van der Waals surface area (Å²) >= 11 is 0. The number of aromatic nitrogens is 2. The Kier molecular flexibility index (Phi) is 1.41. The Hall–Kier alpha value is -1.03. The van der Waals surface area contributed by atoms with Crippen molar-refractivity contribution < 1.29 is 4.74 Å². The smallest absolute Gasteiger partial charge is 0.216 e. The van der Waals surface area contributed by atoms with Crippen molar-refractivity contribution in [3.05, 3.63) is 11.8 Å². The number of hydrogen-bond acceptors (Lipinski definition) is 3. The molecule has 0 aromatic carbocycles. The van der Waals surface area contributed by atoms with E-state index in [0.29, 0.717) is 0 Å². The highest BCUT2D eigenvalue weighted by Crippen LogP contribution is 2.46. The van der Waals surface area contributed by atoms with Crippen molar-refractivity contribution in [2.75, 3.05) is 7.11 Å². The molecule has 1 aliphatic rings. The molecule has 0 amide bonds. The quantitative estimate of drug-likeness (QED) is 0.692. The molecule has 12 heavy (non-hydrogen) atoms. The van der Waals surface area contributed by atoms with Crippen LogP contribution in [0.15, 0.2) is 6.20 Å². The van der Waals surface area contributed by atoms with Crippen LogP contribution in [0.1, 0.15) is 18.4 Å². The van der Waals surface area contributed by atoms with E-state index in [0.717, 1.165) is 24.3 Å². The Labute approximate surface area is 71.3 Å². The van der Waals surface area contributed by atoms with Gasteiger partial charge in [-0.25, -0.2) is 4.68 Å². The molecular weight excluding hydrogens is 154 g/mol. The van der Waals surface area contributed by atoms with E-state index in [1.165, 1.54) is 0 Å². The molecule has 2 N–H and O–H groups in total. The molecular formula is C8H13N3O. The van der Waals surface area contributed by atoms with Crippen LogP contribution in [0.25, 0.3) is 0 Å². The van der Waals surface area contributed by atoms with Gasteiger partial charge in [0.25, 0.3) is 0 Å². The predicted octanol–water partition coefficient (Wildman–Crippen LogP) is 0.376. The van der Waals surface area contributed by atoms with Crippen LogP contribution in [0.5, 0.6) is 5.88 Å². The molecule has 1 saturated carbocycles. The fourth-order valence-corrected chi connectivity index (χ4v) is 1.41. The lowest BCUT2D eigenvalue weighted by molar-refractivity contribution is 0.365. The number of ether oxygens (including phenoxy) is 1. The second-order valence-corrected chi connectivity index (χ2v) is 3.35. The lowest BCUT2D eigenvalue weighted by Gasteiger charge is -2.08. The Bertz CT molecular complexity index is 301. The lowest BCUT2D eigenvalue weighted by Crippen LogP contribution is -2.19. The summed E-state index contributed by atoms with van der Waals surface area (Å²) in [6.07, 6.45) is 3.87. The fourth-order valence-electron chi connectivity index (χ4n) is 1.41. The van der Waals surface area contributed by atoms with Crippen molar-refractivity contribution in [1.29, 1.82) is 0 Å². The number of hydrogen-bond donors (Lipinski definition) is 1. The average molecular weight is 167 g/mol. The predicted molar refractivity (Wildman–Crippen MR) is 44.9 cm³/mol. The van der Waals surface area contributed by atoms with Gasteiger partial charge >= 0.3 is 0 Å². The molecule has 66 valence electrons. The van der Waals surface area contributed by atoms with Crippen LogP contribution in [0.2, 0.25) is 0 Å². The van der Waals surface area contributed by atoms with Gasteiger partial charge in [0.15, 0.2) is 0 Å². The van der Waals surface area contributed by atoms with Gasteiger partial charge in [-0.2, -0.15) is 5.10 Å². The first-order valence-electron chi connectivity index (χ1n) is 4.03. The van der Waals surface area contributed by atoms with E-state index in [9.17, 15) is 0 Å². The van der Waals surface area contributed by atoms with Crippen molar-refractivity contribution in [1.82, 2.24) is 9.78 Å². The van der Waals surface area contributed by atoms with Crippen LogP contribution in [0.3, 0.4) is 0 Å². The molecule has 0 radical (unpaired) electrons. The Morgan fingerprint density at radius 3 is 2.83 bits per heavy atom. The molecule has 4 heteroatoms. The zero-order chi connectivity index (χ0) is 8.77. The molecule has 4 nitrogen and oxygen atoms in total. The third-order valence-corrected chi connectivity index (χ3v) is 2.40. The molecule has 0 bridgehead atoms. The van der Waals surface area contributed by atoms with Crippen LogP contribution in [-0.2, 0) is 12.6 Å². The van der Waals surface area contributed by atoms with E-state index >= 15 is 0 Å². The molecule has 0 spiro atoms. The third-order valence-electron chi connectivity index (χ3n) is 2.40. The molecule has 0 aliphatic heterocycles. The molecule has 1 aromatic rings. The maximum Gasteiger partial charge on any atom is 0.216 e. The van der Waals surface area contributed by atoms with E-state index in [-0.39, 0.29) is 5.54 Å². The van der Waals surface area contributed by atoms with E-state index < -0.39 is 0 Å². The summed E-state index contributed by atoms with van der Waals surface area (Å²) in [6.45, 7) is 0. The van der Waals surface area contributed by atoms with E-state index in [2.05, 4.69) is 5.10 Å². The van der Waals surface area contributed by atoms with Crippen molar-refractivity contribution in [2.45, 2.75) is 18.4 Å². The van der Waals surface area contributed by atoms with E-state index in [4.69, 9.17) is 10.5 Å². The topological polar surface area (TPSA) is 53.1 Å². The number of methoxy groups -OCH3 is 1. The van der Waals surface area contributed by atoms with E-state index in [1.54, 1.807) is 18.0 Å². The van der Waals surface area contributed by atoms with Gasteiger partial charge in [-0.05, 0) is 12.8 Å². The summed E-state index contributed by atoms with van der Waals surface area (Å²) in [7, 11) is 3.50. The van der Waals surface area contributed by atoms with Gasteiger partial charge in [0.05, 0.1) is 18.9 Å². The van der Waals surface area contributed by atoms with Crippen molar-refractivity contribution in [3.63, 3.8) is 0 Å². The minimum Gasteiger partial charge on any atom is -0.481 e. The Morgan fingerprint density at radius 1 is 1.67 bits per heavy atom. The zero-order valence-corrected chi connectivity index (χ0v) is 7.37. The highest BCUT2D eigenvalue weighted by atomic mass is 16.5. The SMILES string of the molecule is COc1c(C2(N)CC2)cnn1C. The molecule has 1 heterocycles. The van der Waals surface area contributed by atoms with Crippen LogP contribution < -0.4 is 10.5 Å². The van der Waals surface area contributed by atoms with Crippen LogP contribution in [0.4, 0.5) is 0 Å². The van der Waals surface area contributed by atoms with Crippen molar-refractivity contribution in [3.8, 4) is 5.88 Å². The summed E-state index contributed by atoms with van der Waals surface area (Å²) in [5, 5.41) is 4.11. The number of nitrogens with two attached hydrogens (primary N) is 1. The van der Waals surface area contributed by atoms with Gasteiger partial charge < -0.3 is 10.5 Å². The second-order valence-electron chi connectivity index (χ2n) is 3.35. The Morgan fingerprint density at radius 2 is 2.33 bits per heavy atom. The van der Waals surface area contributed by atoms with E-state index in [1.807, 2.05) is 7.05 Å². The lowest BCUT2D eigenvalue weighted by atomic mass is 10.1. The normalized spacial score (nSPS) is 19.2. The second kappa shape index (κ2) is 2.23. The van der Waals surface area contributed by atoms with Gasteiger partial charge in [-0.3, -0.25) is 0 Å². The number of nitrogens with zero attached hydrogens (tertiary/aromatic N) is 2. The van der Waals surface area contributed by atoms with Gasteiger partial charge in [-0.15, -0.1) is 0 Å². The fraction of sp³-hybridized carbons (Fsp3) is 0.625. The first-order chi connectivity index (χ1) is 5.67. The number of rotatable bonds is 2. The molecule has 1 fully saturated rings.